The van der Waals surface area contributed by atoms with Crippen LogP contribution in [0.3, 0.4) is 0 Å². The molecule has 0 amide bonds. The highest BCUT2D eigenvalue weighted by atomic mass is 79.9. The van der Waals surface area contributed by atoms with Crippen molar-refractivity contribution in [2.75, 3.05) is 0 Å². The van der Waals surface area contributed by atoms with Gasteiger partial charge in [0.25, 0.3) is 0 Å². The lowest BCUT2D eigenvalue weighted by Gasteiger charge is -2.15. The highest BCUT2D eigenvalue weighted by molar-refractivity contribution is 9.10. The number of nitrogens with zero attached hydrogens (tertiary/aromatic N) is 1. The van der Waals surface area contributed by atoms with Crippen molar-refractivity contribution < 1.29 is 9.90 Å². The Morgan fingerprint density at radius 2 is 1.84 bits per heavy atom. The van der Waals surface area contributed by atoms with Gasteiger partial charge in [-0.3, -0.25) is 4.79 Å². The van der Waals surface area contributed by atoms with Gasteiger partial charge in [-0.1, -0.05) is 45.7 Å². The molecule has 2 aromatic carbocycles. The maximum Gasteiger partial charge on any atom is 0.303 e. The molecule has 0 spiro atoms. The van der Waals surface area contributed by atoms with Gasteiger partial charge in [0.05, 0.1) is 12.1 Å². The van der Waals surface area contributed by atoms with Crippen LogP contribution in [-0.4, -0.2) is 15.6 Å². The van der Waals surface area contributed by atoms with Gasteiger partial charge in [-0.05, 0) is 60.9 Å². The molecule has 0 saturated carbocycles. The van der Waals surface area contributed by atoms with Crippen LogP contribution >= 0.6 is 27.5 Å². The van der Waals surface area contributed by atoms with Gasteiger partial charge >= 0.3 is 5.97 Å². The van der Waals surface area contributed by atoms with Crippen LogP contribution in [0.2, 0.25) is 5.02 Å². The Kier molecular flexibility index (Phi) is 5.30. The number of halogens is 2. The summed E-state index contributed by atoms with van der Waals surface area (Å²) in [6.07, 6.45) is 0.542. The van der Waals surface area contributed by atoms with Crippen LogP contribution < -0.4 is 0 Å². The average Bonchev–Trinajstić information content (AvgIpc) is 3.00. The molecule has 3 aromatic rings. The Balaban J connectivity index is 2.13. The van der Waals surface area contributed by atoms with Crippen LogP contribution in [0.5, 0.6) is 0 Å². The minimum absolute atomic E-state index is 0.0867. The van der Waals surface area contributed by atoms with Crippen molar-refractivity contribution in [3.63, 3.8) is 0 Å². The molecule has 0 radical (unpaired) electrons. The zero-order valence-corrected chi connectivity index (χ0v) is 16.0. The highest BCUT2D eigenvalue weighted by Gasteiger charge is 2.14. The summed E-state index contributed by atoms with van der Waals surface area (Å²) in [7, 11) is 0. The topological polar surface area (TPSA) is 42.2 Å². The molecule has 0 unspecified atom stereocenters. The Bertz CT molecular complexity index is 916. The van der Waals surface area contributed by atoms with E-state index in [9.17, 15) is 4.79 Å². The van der Waals surface area contributed by atoms with Crippen LogP contribution in [0.25, 0.3) is 16.9 Å². The number of hydrogen-bond acceptors (Lipinski definition) is 1. The second-order valence-electron chi connectivity index (χ2n) is 5.88. The Morgan fingerprint density at radius 1 is 1.12 bits per heavy atom. The Labute approximate surface area is 160 Å². The van der Waals surface area contributed by atoms with Gasteiger partial charge in [-0.15, -0.1) is 0 Å². The van der Waals surface area contributed by atoms with E-state index in [1.54, 1.807) is 0 Å². The minimum Gasteiger partial charge on any atom is -0.481 e. The van der Waals surface area contributed by atoms with E-state index in [0.29, 0.717) is 11.4 Å². The molecular weight excluding hydrogens is 402 g/mol. The molecule has 0 aliphatic rings. The molecule has 1 heterocycles. The SMILES string of the molecule is Cc1ccc(-n2c(CCC(=O)O)ccc2-c2ccc(Br)cc2)cc1Cl. The van der Waals surface area contributed by atoms with Crippen LogP contribution in [0.4, 0.5) is 0 Å². The highest BCUT2D eigenvalue weighted by Crippen LogP contribution is 2.30. The van der Waals surface area contributed by atoms with E-state index in [1.807, 2.05) is 61.5 Å². The van der Waals surface area contributed by atoms with Crippen LogP contribution in [0.1, 0.15) is 17.7 Å². The standard InChI is InChI=1S/C20H17BrClNO2/c1-13-2-7-17(12-18(13)22)23-16(9-11-20(24)25)8-10-19(23)14-3-5-15(21)6-4-14/h2-8,10,12H,9,11H2,1H3,(H,24,25). The molecule has 3 rings (SSSR count). The number of carboxylic acid groups (broad SMARTS) is 1. The summed E-state index contributed by atoms with van der Waals surface area (Å²) in [6, 6.07) is 18.0. The van der Waals surface area contributed by atoms with Crippen molar-refractivity contribution in [2.45, 2.75) is 19.8 Å². The third-order valence-corrected chi connectivity index (χ3v) is 5.05. The minimum atomic E-state index is -0.806. The second kappa shape index (κ2) is 7.46. The summed E-state index contributed by atoms with van der Waals surface area (Å²) in [6.45, 7) is 1.96. The molecule has 0 aliphatic heterocycles. The molecule has 25 heavy (non-hydrogen) atoms. The Morgan fingerprint density at radius 3 is 2.48 bits per heavy atom. The summed E-state index contributed by atoms with van der Waals surface area (Å²) in [5.74, 6) is -0.806. The molecule has 1 aromatic heterocycles. The summed E-state index contributed by atoms with van der Waals surface area (Å²) >= 11 is 9.77. The normalized spacial score (nSPS) is 10.8. The van der Waals surface area contributed by atoms with E-state index in [4.69, 9.17) is 16.7 Å². The lowest BCUT2D eigenvalue weighted by molar-refractivity contribution is -0.136. The Hall–Kier alpha value is -2.04. The first-order chi connectivity index (χ1) is 12.0. The van der Waals surface area contributed by atoms with Crippen molar-refractivity contribution in [3.05, 3.63) is 75.4 Å². The number of rotatable bonds is 5. The van der Waals surface area contributed by atoms with E-state index >= 15 is 0 Å². The fraction of sp³-hybridized carbons (Fsp3) is 0.150. The number of aliphatic carboxylic acids is 1. The monoisotopic (exact) mass is 417 g/mol. The first kappa shape index (κ1) is 17.8. The van der Waals surface area contributed by atoms with Gasteiger partial charge in [-0.25, -0.2) is 0 Å². The van der Waals surface area contributed by atoms with Gasteiger partial charge in [0.15, 0.2) is 0 Å². The van der Waals surface area contributed by atoms with Crippen LogP contribution in [-0.2, 0) is 11.2 Å². The average molecular weight is 419 g/mol. The summed E-state index contributed by atoms with van der Waals surface area (Å²) in [4.78, 5) is 11.0. The van der Waals surface area contributed by atoms with E-state index in [2.05, 4.69) is 20.5 Å². The molecule has 3 nitrogen and oxygen atoms in total. The van der Waals surface area contributed by atoms with Crippen molar-refractivity contribution >= 4 is 33.5 Å². The predicted molar refractivity (Wildman–Crippen MR) is 105 cm³/mol. The molecule has 0 fully saturated rings. The van der Waals surface area contributed by atoms with Gasteiger partial charge in [0.1, 0.15) is 0 Å². The van der Waals surface area contributed by atoms with Crippen molar-refractivity contribution in [1.29, 1.82) is 0 Å². The molecule has 0 atom stereocenters. The molecular formula is C20H17BrClNO2. The van der Waals surface area contributed by atoms with E-state index in [1.165, 1.54) is 0 Å². The summed E-state index contributed by atoms with van der Waals surface area (Å²) < 4.78 is 3.09. The summed E-state index contributed by atoms with van der Waals surface area (Å²) in [5, 5.41) is 9.73. The zero-order valence-electron chi connectivity index (χ0n) is 13.7. The largest absolute Gasteiger partial charge is 0.481 e. The number of aryl methyl sites for hydroxylation is 2. The van der Waals surface area contributed by atoms with Gasteiger partial charge in [0.2, 0.25) is 0 Å². The van der Waals surface area contributed by atoms with E-state index in [-0.39, 0.29) is 6.42 Å². The summed E-state index contributed by atoms with van der Waals surface area (Å²) in [5.41, 5.74) is 4.95. The molecule has 0 saturated heterocycles. The number of carboxylic acids is 1. The molecule has 1 N–H and O–H groups in total. The molecule has 128 valence electrons. The predicted octanol–water partition coefficient (Wildman–Crippen LogP) is 5.89. The number of carbonyl (C=O) groups is 1. The zero-order chi connectivity index (χ0) is 18.0. The van der Waals surface area contributed by atoms with Crippen LogP contribution in [0, 0.1) is 6.92 Å². The molecule has 5 heteroatoms. The maximum atomic E-state index is 11.0. The maximum absolute atomic E-state index is 11.0. The van der Waals surface area contributed by atoms with Gasteiger partial charge in [-0.2, -0.15) is 0 Å². The molecule has 0 aliphatic carbocycles. The van der Waals surface area contributed by atoms with Crippen molar-refractivity contribution in [2.24, 2.45) is 0 Å². The third-order valence-electron chi connectivity index (χ3n) is 4.11. The number of benzene rings is 2. The number of hydrogen-bond donors (Lipinski definition) is 1. The van der Waals surface area contributed by atoms with Crippen molar-refractivity contribution in [1.82, 2.24) is 4.57 Å². The lowest BCUT2D eigenvalue weighted by atomic mass is 10.1. The second-order valence-corrected chi connectivity index (χ2v) is 7.20. The third kappa shape index (κ3) is 3.97. The lowest BCUT2D eigenvalue weighted by Crippen LogP contribution is -2.05. The fourth-order valence-electron chi connectivity index (χ4n) is 2.78. The van der Waals surface area contributed by atoms with Gasteiger partial charge < -0.3 is 9.67 Å². The van der Waals surface area contributed by atoms with Gasteiger partial charge in [0, 0.05) is 20.9 Å². The first-order valence-corrected chi connectivity index (χ1v) is 9.07. The van der Waals surface area contributed by atoms with Crippen molar-refractivity contribution in [3.8, 4) is 16.9 Å². The quantitative estimate of drug-likeness (QED) is 0.561. The van der Waals surface area contributed by atoms with E-state index < -0.39 is 5.97 Å². The first-order valence-electron chi connectivity index (χ1n) is 7.90. The smallest absolute Gasteiger partial charge is 0.303 e. The van der Waals surface area contributed by atoms with E-state index in [0.717, 1.165) is 32.7 Å². The fourth-order valence-corrected chi connectivity index (χ4v) is 3.22. The number of aromatic nitrogens is 1. The molecule has 0 bridgehead atoms. The van der Waals surface area contributed by atoms with Crippen LogP contribution in [0.15, 0.2) is 59.1 Å².